The maximum absolute atomic E-state index is 12.9. The maximum atomic E-state index is 12.9. The highest BCUT2D eigenvalue weighted by Crippen LogP contribution is 2.38. The molecule has 1 saturated heterocycles. The quantitative estimate of drug-likeness (QED) is 0.419. The first-order valence-corrected chi connectivity index (χ1v) is 9.32. The predicted octanol–water partition coefficient (Wildman–Crippen LogP) is 4.06. The van der Waals surface area contributed by atoms with Crippen molar-refractivity contribution in [3.63, 3.8) is 0 Å². The maximum Gasteiger partial charge on any atom is 0.339 e. The summed E-state index contributed by atoms with van der Waals surface area (Å²) in [4.78, 5) is 25.6. The third-order valence-corrected chi connectivity index (χ3v) is 5.13. The number of hydrogen-bond acceptors (Lipinski definition) is 6. The number of phenols is 1. The summed E-state index contributed by atoms with van der Waals surface area (Å²) in [5, 5.41) is 18.9. The van der Waals surface area contributed by atoms with Gasteiger partial charge in [0.15, 0.2) is 4.32 Å². The molecule has 1 amide bonds. The van der Waals surface area contributed by atoms with Crippen LogP contribution >= 0.6 is 24.0 Å². The van der Waals surface area contributed by atoms with Crippen molar-refractivity contribution < 1.29 is 24.5 Å². The van der Waals surface area contributed by atoms with Gasteiger partial charge in [0, 0.05) is 11.6 Å². The highest BCUT2D eigenvalue weighted by molar-refractivity contribution is 8.27. The van der Waals surface area contributed by atoms with Gasteiger partial charge in [-0.1, -0.05) is 54.8 Å². The molecule has 0 aliphatic carbocycles. The number of thioether (sulfide) groups is 1. The van der Waals surface area contributed by atoms with E-state index >= 15 is 0 Å². The van der Waals surface area contributed by atoms with Crippen LogP contribution in [0.25, 0.3) is 6.08 Å². The van der Waals surface area contributed by atoms with Crippen LogP contribution in [-0.4, -0.2) is 33.0 Å². The number of carboxylic acids is 1. The first-order valence-electron chi connectivity index (χ1n) is 8.09. The molecular weight excluding hydrogens is 398 g/mol. The summed E-state index contributed by atoms with van der Waals surface area (Å²) < 4.78 is 5.88. The SMILES string of the molecule is C=CCOc1ccccc1C=C1SC(=S)N(c2ccc(C(=O)O)c(O)c2)C1=O. The van der Waals surface area contributed by atoms with Crippen molar-refractivity contribution in [1.82, 2.24) is 0 Å². The monoisotopic (exact) mass is 413 g/mol. The van der Waals surface area contributed by atoms with Crippen molar-refractivity contribution in [3.8, 4) is 11.5 Å². The van der Waals surface area contributed by atoms with Gasteiger partial charge in [0.1, 0.15) is 23.7 Å². The van der Waals surface area contributed by atoms with Crippen molar-refractivity contribution in [2.24, 2.45) is 0 Å². The second-order valence-corrected chi connectivity index (χ2v) is 7.34. The first-order chi connectivity index (χ1) is 13.4. The van der Waals surface area contributed by atoms with E-state index in [-0.39, 0.29) is 15.8 Å². The summed E-state index contributed by atoms with van der Waals surface area (Å²) in [5.41, 5.74) is 0.761. The molecule has 3 rings (SSSR count). The minimum Gasteiger partial charge on any atom is -0.507 e. The van der Waals surface area contributed by atoms with Crippen molar-refractivity contribution in [2.75, 3.05) is 11.5 Å². The van der Waals surface area contributed by atoms with Gasteiger partial charge in [0.2, 0.25) is 0 Å². The molecule has 0 aromatic heterocycles. The average molecular weight is 413 g/mol. The van der Waals surface area contributed by atoms with Gasteiger partial charge >= 0.3 is 5.97 Å². The summed E-state index contributed by atoms with van der Waals surface area (Å²) in [6.07, 6.45) is 3.31. The van der Waals surface area contributed by atoms with E-state index in [4.69, 9.17) is 22.1 Å². The number of amides is 1. The molecule has 0 bridgehead atoms. The molecule has 6 nitrogen and oxygen atoms in total. The first kappa shape index (κ1) is 19.7. The Hall–Kier alpha value is -3.10. The van der Waals surface area contributed by atoms with E-state index in [2.05, 4.69) is 6.58 Å². The molecule has 2 aromatic rings. The van der Waals surface area contributed by atoms with Crippen LogP contribution in [0.1, 0.15) is 15.9 Å². The van der Waals surface area contributed by atoms with E-state index in [0.717, 1.165) is 11.8 Å². The number of aromatic hydroxyl groups is 1. The molecule has 8 heteroatoms. The molecule has 1 fully saturated rings. The Morgan fingerprint density at radius 3 is 2.71 bits per heavy atom. The number of carboxylic acid groups (broad SMARTS) is 1. The minimum absolute atomic E-state index is 0.252. The molecule has 0 radical (unpaired) electrons. The van der Waals surface area contributed by atoms with Gasteiger partial charge in [-0.3, -0.25) is 9.69 Å². The van der Waals surface area contributed by atoms with E-state index in [9.17, 15) is 14.7 Å². The lowest BCUT2D eigenvalue weighted by Crippen LogP contribution is -2.27. The van der Waals surface area contributed by atoms with Crippen LogP contribution in [0.15, 0.2) is 60.0 Å². The summed E-state index contributed by atoms with van der Waals surface area (Å²) in [5.74, 6) is -1.45. The van der Waals surface area contributed by atoms with Crippen molar-refractivity contribution >= 4 is 51.9 Å². The molecule has 28 heavy (non-hydrogen) atoms. The van der Waals surface area contributed by atoms with Crippen molar-refractivity contribution in [3.05, 3.63) is 71.2 Å². The lowest BCUT2D eigenvalue weighted by molar-refractivity contribution is -0.113. The molecule has 0 spiro atoms. The summed E-state index contributed by atoms with van der Waals surface area (Å²) in [7, 11) is 0. The number of nitrogens with zero attached hydrogens (tertiary/aromatic N) is 1. The number of carbonyl (C=O) groups is 2. The van der Waals surface area contributed by atoms with Crippen LogP contribution in [0.4, 0.5) is 5.69 Å². The number of benzene rings is 2. The fraction of sp³-hybridized carbons (Fsp3) is 0.0500. The molecule has 2 aromatic carbocycles. The van der Waals surface area contributed by atoms with Crippen LogP contribution in [-0.2, 0) is 4.79 Å². The van der Waals surface area contributed by atoms with Gasteiger partial charge in [0.05, 0.1) is 10.6 Å². The molecule has 2 N–H and O–H groups in total. The van der Waals surface area contributed by atoms with Gasteiger partial charge in [-0.15, -0.1) is 0 Å². The normalized spacial score (nSPS) is 15.1. The van der Waals surface area contributed by atoms with E-state index in [0.29, 0.717) is 28.5 Å². The van der Waals surface area contributed by atoms with Gasteiger partial charge in [0.25, 0.3) is 5.91 Å². The molecule has 1 aliphatic rings. The fourth-order valence-electron chi connectivity index (χ4n) is 2.55. The van der Waals surface area contributed by atoms with E-state index in [1.807, 2.05) is 18.2 Å². The standard InChI is InChI=1S/C20H15NO5S2/c1-2-9-26-16-6-4-3-5-12(16)10-17-18(23)21(20(27)28-17)13-7-8-14(19(24)25)15(22)11-13/h2-8,10-11,22H,1,9H2,(H,24,25). The predicted molar refractivity (Wildman–Crippen MR) is 113 cm³/mol. The smallest absolute Gasteiger partial charge is 0.339 e. The van der Waals surface area contributed by atoms with Crippen LogP contribution in [0.2, 0.25) is 0 Å². The third-order valence-electron chi connectivity index (χ3n) is 3.83. The van der Waals surface area contributed by atoms with Gasteiger partial charge < -0.3 is 14.9 Å². The highest BCUT2D eigenvalue weighted by atomic mass is 32.2. The molecule has 0 saturated carbocycles. The summed E-state index contributed by atoms with van der Waals surface area (Å²) in [6.45, 7) is 3.95. The molecule has 1 aliphatic heterocycles. The van der Waals surface area contributed by atoms with E-state index in [1.165, 1.54) is 23.1 Å². The van der Waals surface area contributed by atoms with Crippen molar-refractivity contribution in [2.45, 2.75) is 0 Å². The van der Waals surface area contributed by atoms with Gasteiger partial charge in [-0.2, -0.15) is 0 Å². The number of anilines is 1. The Balaban J connectivity index is 1.92. The lowest BCUT2D eigenvalue weighted by Gasteiger charge is -2.15. The zero-order chi connectivity index (χ0) is 20.3. The Morgan fingerprint density at radius 1 is 1.29 bits per heavy atom. The Morgan fingerprint density at radius 2 is 2.04 bits per heavy atom. The van der Waals surface area contributed by atoms with Crippen molar-refractivity contribution in [1.29, 1.82) is 0 Å². The number of rotatable bonds is 6. The molecular formula is C20H15NO5S2. The molecule has 142 valence electrons. The fourth-order valence-corrected chi connectivity index (χ4v) is 3.84. The topological polar surface area (TPSA) is 87.1 Å². The third kappa shape index (κ3) is 3.92. The van der Waals surface area contributed by atoms with Gasteiger partial charge in [-0.25, -0.2) is 4.79 Å². The van der Waals surface area contributed by atoms with Crippen LogP contribution in [0.5, 0.6) is 11.5 Å². The zero-order valence-electron chi connectivity index (χ0n) is 14.5. The largest absolute Gasteiger partial charge is 0.507 e. The summed E-state index contributed by atoms with van der Waals surface area (Å²) >= 11 is 6.42. The minimum atomic E-state index is -1.26. The van der Waals surface area contributed by atoms with Crippen LogP contribution in [0.3, 0.4) is 0 Å². The van der Waals surface area contributed by atoms with E-state index in [1.54, 1.807) is 18.2 Å². The highest BCUT2D eigenvalue weighted by Gasteiger charge is 2.34. The number of ether oxygens (including phenoxy) is 1. The van der Waals surface area contributed by atoms with Crippen LogP contribution < -0.4 is 9.64 Å². The van der Waals surface area contributed by atoms with Crippen LogP contribution in [0, 0.1) is 0 Å². The zero-order valence-corrected chi connectivity index (χ0v) is 16.1. The second kappa shape index (κ2) is 8.28. The Bertz CT molecular complexity index is 1020. The second-order valence-electron chi connectivity index (χ2n) is 5.66. The number of hydrogen-bond donors (Lipinski definition) is 2. The number of thiocarbonyl (C=S) groups is 1. The Kier molecular flexibility index (Phi) is 5.81. The molecule has 1 heterocycles. The number of para-hydroxylation sites is 1. The van der Waals surface area contributed by atoms with Gasteiger partial charge in [-0.05, 0) is 24.3 Å². The summed E-state index contributed by atoms with van der Waals surface area (Å²) in [6, 6.07) is 11.1. The average Bonchev–Trinajstić information content (AvgIpc) is 2.94. The number of aromatic carboxylic acids is 1. The molecule has 0 unspecified atom stereocenters. The molecule has 0 atom stereocenters. The van der Waals surface area contributed by atoms with E-state index < -0.39 is 11.7 Å². The lowest BCUT2D eigenvalue weighted by atomic mass is 10.1. The number of carbonyl (C=O) groups excluding carboxylic acids is 1. The Labute approximate surface area is 170 Å².